The van der Waals surface area contributed by atoms with Gasteiger partial charge in [-0.2, -0.15) is 0 Å². The summed E-state index contributed by atoms with van der Waals surface area (Å²) in [7, 11) is 0. The number of halogens is 2. The lowest BCUT2D eigenvalue weighted by atomic mass is 10.1. The molecule has 4 rings (SSSR count). The number of amides is 1. The Labute approximate surface area is 182 Å². The highest BCUT2D eigenvalue weighted by Gasteiger charge is 2.18. The first kappa shape index (κ1) is 19.7. The smallest absolute Gasteiger partial charge is 0.255 e. The van der Waals surface area contributed by atoms with E-state index in [4.69, 9.17) is 27.9 Å². The third-order valence-electron chi connectivity index (χ3n) is 4.23. The molecular formula is C22H16Cl2N2O2S. The van der Waals surface area contributed by atoms with Crippen molar-refractivity contribution in [2.75, 3.05) is 11.9 Å². The Balaban J connectivity index is 1.74. The number of thiazole rings is 1. The quantitative estimate of drug-likeness (QED) is 0.364. The number of aromatic nitrogens is 1. The normalized spacial score (nSPS) is 10.9. The highest BCUT2D eigenvalue weighted by atomic mass is 35.5. The molecule has 7 heteroatoms. The second-order valence-corrected chi connectivity index (χ2v) is 8.09. The molecule has 0 fully saturated rings. The van der Waals surface area contributed by atoms with Crippen LogP contribution in [0.15, 0.2) is 60.7 Å². The van der Waals surface area contributed by atoms with Gasteiger partial charge in [0.05, 0.1) is 27.5 Å². The Morgan fingerprint density at radius 2 is 1.93 bits per heavy atom. The first-order valence-corrected chi connectivity index (χ1v) is 10.5. The summed E-state index contributed by atoms with van der Waals surface area (Å²) in [5, 5.41) is 4.47. The fraction of sp³-hybridized carbons (Fsp3) is 0.0909. The number of benzene rings is 3. The van der Waals surface area contributed by atoms with E-state index in [1.54, 1.807) is 30.3 Å². The van der Waals surface area contributed by atoms with Crippen LogP contribution in [-0.2, 0) is 0 Å². The highest BCUT2D eigenvalue weighted by molar-refractivity contribution is 7.21. The number of hydrogen-bond acceptors (Lipinski definition) is 4. The minimum absolute atomic E-state index is 0.293. The van der Waals surface area contributed by atoms with Gasteiger partial charge in [0.25, 0.3) is 5.91 Å². The molecule has 4 aromatic rings. The summed E-state index contributed by atoms with van der Waals surface area (Å²) in [4.78, 5) is 17.6. The van der Waals surface area contributed by atoms with Crippen LogP contribution in [0.25, 0.3) is 20.8 Å². The Bertz CT molecular complexity index is 1170. The van der Waals surface area contributed by atoms with Crippen molar-refractivity contribution >= 4 is 56.3 Å². The summed E-state index contributed by atoms with van der Waals surface area (Å²) in [6.45, 7) is 2.42. The molecule has 1 amide bonds. The summed E-state index contributed by atoms with van der Waals surface area (Å²) < 4.78 is 6.52. The summed E-state index contributed by atoms with van der Waals surface area (Å²) in [6, 6.07) is 18.2. The van der Waals surface area contributed by atoms with Crippen molar-refractivity contribution in [1.29, 1.82) is 0 Å². The lowest BCUT2D eigenvalue weighted by Gasteiger charge is -2.13. The Morgan fingerprint density at radius 3 is 2.72 bits per heavy atom. The fourth-order valence-electron chi connectivity index (χ4n) is 2.94. The third kappa shape index (κ3) is 4.22. The van der Waals surface area contributed by atoms with Crippen LogP contribution in [0, 0.1) is 0 Å². The van der Waals surface area contributed by atoms with Crippen molar-refractivity contribution in [3.63, 3.8) is 0 Å². The lowest BCUT2D eigenvalue weighted by molar-refractivity contribution is 0.102. The maximum absolute atomic E-state index is 12.9. The van der Waals surface area contributed by atoms with Crippen LogP contribution < -0.4 is 10.1 Å². The van der Waals surface area contributed by atoms with Crippen molar-refractivity contribution in [3.05, 3.63) is 76.3 Å². The van der Waals surface area contributed by atoms with Crippen LogP contribution in [-0.4, -0.2) is 17.5 Å². The number of rotatable bonds is 5. The number of para-hydroxylation sites is 1. The molecule has 1 aromatic heterocycles. The average Bonchev–Trinajstić information content (AvgIpc) is 3.14. The van der Waals surface area contributed by atoms with E-state index in [9.17, 15) is 4.79 Å². The number of hydrogen-bond donors (Lipinski definition) is 1. The second-order valence-electron chi connectivity index (χ2n) is 6.21. The summed E-state index contributed by atoms with van der Waals surface area (Å²) in [6.07, 6.45) is 0. The van der Waals surface area contributed by atoms with Gasteiger partial charge < -0.3 is 10.1 Å². The molecule has 0 spiro atoms. The molecule has 0 bridgehead atoms. The SMILES string of the molecule is CCOc1cccc(C(=O)Nc2c(Cl)cc(Cl)cc2-c2nc3ccccc3s2)c1. The zero-order valence-electron chi connectivity index (χ0n) is 15.4. The van der Waals surface area contributed by atoms with Gasteiger partial charge in [-0.15, -0.1) is 11.3 Å². The molecule has 0 aliphatic heterocycles. The van der Waals surface area contributed by atoms with Gasteiger partial charge in [0.2, 0.25) is 0 Å². The molecule has 1 heterocycles. The maximum Gasteiger partial charge on any atom is 0.255 e. The van der Waals surface area contributed by atoms with Crippen LogP contribution in [0.5, 0.6) is 5.75 Å². The van der Waals surface area contributed by atoms with Crippen molar-refractivity contribution in [3.8, 4) is 16.3 Å². The molecule has 29 heavy (non-hydrogen) atoms. The van der Waals surface area contributed by atoms with E-state index in [0.29, 0.717) is 39.2 Å². The van der Waals surface area contributed by atoms with E-state index in [-0.39, 0.29) is 5.91 Å². The van der Waals surface area contributed by atoms with Crippen molar-refractivity contribution in [2.45, 2.75) is 6.92 Å². The van der Waals surface area contributed by atoms with E-state index in [1.807, 2.05) is 37.3 Å². The van der Waals surface area contributed by atoms with Crippen molar-refractivity contribution < 1.29 is 9.53 Å². The second kappa shape index (κ2) is 8.41. The van der Waals surface area contributed by atoms with E-state index < -0.39 is 0 Å². The van der Waals surface area contributed by atoms with Gasteiger partial charge in [0.15, 0.2) is 0 Å². The summed E-state index contributed by atoms with van der Waals surface area (Å²) in [5.41, 5.74) is 2.50. The lowest BCUT2D eigenvalue weighted by Crippen LogP contribution is -2.13. The van der Waals surface area contributed by atoms with Gasteiger partial charge in [0.1, 0.15) is 10.8 Å². The van der Waals surface area contributed by atoms with E-state index >= 15 is 0 Å². The van der Waals surface area contributed by atoms with Crippen LogP contribution in [0.1, 0.15) is 17.3 Å². The Kier molecular flexibility index (Phi) is 5.72. The minimum Gasteiger partial charge on any atom is -0.494 e. The summed E-state index contributed by atoms with van der Waals surface area (Å²) in [5.74, 6) is 0.340. The molecule has 0 aliphatic rings. The van der Waals surface area contributed by atoms with Gasteiger partial charge >= 0.3 is 0 Å². The standard InChI is InChI=1S/C22H16Cl2N2O2S/c1-2-28-15-7-5-6-13(10-15)21(27)26-20-16(11-14(23)12-17(20)24)22-25-18-8-3-4-9-19(18)29-22/h3-12H,2H2,1H3,(H,26,27). The average molecular weight is 443 g/mol. The molecule has 0 saturated heterocycles. The predicted molar refractivity (Wildman–Crippen MR) is 121 cm³/mol. The number of ether oxygens (including phenoxy) is 1. The topological polar surface area (TPSA) is 51.2 Å². The van der Waals surface area contributed by atoms with Crippen LogP contribution >= 0.6 is 34.5 Å². The number of carbonyl (C=O) groups excluding carboxylic acids is 1. The zero-order chi connectivity index (χ0) is 20.4. The molecular weight excluding hydrogens is 427 g/mol. The fourth-order valence-corrected chi connectivity index (χ4v) is 4.46. The Morgan fingerprint density at radius 1 is 1.10 bits per heavy atom. The van der Waals surface area contributed by atoms with Crippen molar-refractivity contribution in [1.82, 2.24) is 4.98 Å². The largest absolute Gasteiger partial charge is 0.494 e. The van der Waals surface area contributed by atoms with E-state index in [0.717, 1.165) is 15.2 Å². The molecule has 1 N–H and O–H groups in total. The molecule has 0 unspecified atom stereocenters. The minimum atomic E-state index is -0.293. The van der Waals surface area contributed by atoms with E-state index in [1.165, 1.54) is 11.3 Å². The maximum atomic E-state index is 12.9. The predicted octanol–water partition coefficient (Wildman–Crippen LogP) is 6.92. The van der Waals surface area contributed by atoms with Crippen LogP contribution in [0.3, 0.4) is 0 Å². The van der Waals surface area contributed by atoms with Gasteiger partial charge in [-0.3, -0.25) is 4.79 Å². The van der Waals surface area contributed by atoms with Gasteiger partial charge in [0, 0.05) is 16.1 Å². The number of fused-ring (bicyclic) bond motifs is 1. The van der Waals surface area contributed by atoms with E-state index in [2.05, 4.69) is 10.3 Å². The third-order valence-corrected chi connectivity index (χ3v) is 5.81. The first-order valence-electron chi connectivity index (χ1n) is 8.94. The number of anilines is 1. The first-order chi connectivity index (χ1) is 14.0. The molecule has 0 aliphatic carbocycles. The molecule has 0 atom stereocenters. The number of nitrogens with one attached hydrogen (secondary N) is 1. The zero-order valence-corrected chi connectivity index (χ0v) is 17.7. The van der Waals surface area contributed by atoms with Gasteiger partial charge in [-0.1, -0.05) is 41.4 Å². The van der Waals surface area contributed by atoms with Gasteiger partial charge in [-0.25, -0.2) is 4.98 Å². The highest BCUT2D eigenvalue weighted by Crippen LogP contribution is 2.40. The monoisotopic (exact) mass is 442 g/mol. The molecule has 3 aromatic carbocycles. The molecule has 0 saturated carbocycles. The molecule has 146 valence electrons. The van der Waals surface area contributed by atoms with Crippen molar-refractivity contribution in [2.24, 2.45) is 0 Å². The molecule has 4 nitrogen and oxygen atoms in total. The Hall–Kier alpha value is -2.60. The number of carbonyl (C=O) groups is 1. The number of nitrogens with zero attached hydrogens (tertiary/aromatic N) is 1. The molecule has 0 radical (unpaired) electrons. The van der Waals surface area contributed by atoms with Crippen LogP contribution in [0.4, 0.5) is 5.69 Å². The van der Waals surface area contributed by atoms with Crippen LogP contribution in [0.2, 0.25) is 10.0 Å². The van der Waals surface area contributed by atoms with Gasteiger partial charge in [-0.05, 0) is 49.4 Å². The summed E-state index contributed by atoms with van der Waals surface area (Å²) >= 11 is 14.2.